The van der Waals surface area contributed by atoms with E-state index in [2.05, 4.69) is 0 Å². The van der Waals surface area contributed by atoms with Crippen molar-refractivity contribution in [1.29, 1.82) is 0 Å². The molecule has 0 radical (unpaired) electrons. The van der Waals surface area contributed by atoms with Crippen LogP contribution in [0.3, 0.4) is 0 Å². The van der Waals surface area contributed by atoms with Crippen molar-refractivity contribution in [3.63, 3.8) is 0 Å². The summed E-state index contributed by atoms with van der Waals surface area (Å²) in [5.74, 6) is 0. The fourth-order valence-corrected chi connectivity index (χ4v) is 1.56. The second-order valence-corrected chi connectivity index (χ2v) is 4.93. The molecule has 2 nitrogen and oxygen atoms in total. The summed E-state index contributed by atoms with van der Waals surface area (Å²) < 4.78 is 127. The van der Waals surface area contributed by atoms with Crippen molar-refractivity contribution in [2.45, 2.75) is 23.7 Å². The van der Waals surface area contributed by atoms with Gasteiger partial charge in [-0.1, -0.05) is 0 Å². The van der Waals surface area contributed by atoms with E-state index < -0.39 is 31.0 Å². The summed E-state index contributed by atoms with van der Waals surface area (Å²) in [6.45, 7) is 0. The van der Waals surface area contributed by atoms with E-state index in [9.17, 15) is 48.5 Å². The molecule has 0 heterocycles. The van der Waals surface area contributed by atoms with E-state index >= 15 is 0 Å². The molecule has 0 aromatic carbocycles. The summed E-state index contributed by atoms with van der Waals surface area (Å²) in [7, 11) is -8.26. The number of alkyl halides is 10. The van der Waals surface area contributed by atoms with Gasteiger partial charge in [0.05, 0.1) is 0 Å². The summed E-state index contributed by atoms with van der Waals surface area (Å²) in [5.41, 5.74) is -14.2. The van der Waals surface area contributed by atoms with Crippen LogP contribution in [0.1, 0.15) is 0 Å². The van der Waals surface area contributed by atoms with Gasteiger partial charge in [0.15, 0.2) is 0 Å². The Morgan fingerprint density at radius 2 is 0.833 bits per heavy atom. The Labute approximate surface area is 104 Å². The third-order valence-electron chi connectivity index (χ3n) is 1.44. The van der Waals surface area contributed by atoms with Crippen molar-refractivity contribution in [3.05, 3.63) is 0 Å². The van der Waals surface area contributed by atoms with Crippen LogP contribution in [0.25, 0.3) is 0 Å². The number of halogens is 10. The first kappa shape index (κ1) is 20.4. The Hall–Kier alpha value is 0.0874. The first-order valence-corrected chi connectivity index (χ1v) is 4.88. The van der Waals surface area contributed by atoms with Crippen LogP contribution in [0.5, 0.6) is 0 Å². The van der Waals surface area contributed by atoms with Gasteiger partial charge in [-0.25, -0.2) is 0 Å². The van der Waals surface area contributed by atoms with Crippen LogP contribution < -0.4 is 0 Å². The minimum absolute atomic E-state index is 0. The van der Waals surface area contributed by atoms with Gasteiger partial charge < -0.3 is 4.89 Å². The number of hydrogen-bond acceptors (Lipinski definition) is 1. The van der Waals surface area contributed by atoms with E-state index in [1.54, 1.807) is 0 Å². The average Bonchev–Trinajstić information content (AvgIpc) is 1.98. The number of hydrogen-bond donors (Lipinski definition) is 1. The van der Waals surface area contributed by atoms with Crippen molar-refractivity contribution in [3.8, 4) is 0 Å². The number of rotatable bonds is 2. The molecular weight excluding hydrogens is 308 g/mol. The Bertz CT molecular complexity index is 315. The second kappa shape index (κ2) is 4.89. The Morgan fingerprint density at radius 3 is 0.944 bits per heavy atom. The predicted molar refractivity (Wildman–Crippen MR) is 39.0 cm³/mol. The molecule has 0 rings (SSSR count). The van der Waals surface area contributed by atoms with Crippen LogP contribution in [0, 0.1) is 0 Å². The van der Waals surface area contributed by atoms with Gasteiger partial charge in [-0.2, -0.15) is 43.9 Å². The van der Waals surface area contributed by atoms with E-state index in [1.165, 1.54) is 0 Å². The average molecular weight is 310 g/mol. The van der Waals surface area contributed by atoms with E-state index in [0.29, 0.717) is 0 Å². The van der Waals surface area contributed by atoms with Gasteiger partial charge in [0, 0.05) is 0 Å². The SMILES string of the molecule is O=P(O)(C(F)(F)C(F)(F)F)C(F)(F)C(F)(F)F.[LiH]. The quantitative estimate of drug-likeness (QED) is 0.484. The molecule has 0 spiro atoms. The summed E-state index contributed by atoms with van der Waals surface area (Å²) in [5, 5.41) is 0. The molecule has 0 unspecified atom stereocenters. The van der Waals surface area contributed by atoms with Gasteiger partial charge in [-0.3, -0.25) is 4.57 Å². The molecule has 0 aliphatic rings. The molecule has 0 saturated heterocycles. The van der Waals surface area contributed by atoms with Crippen molar-refractivity contribution >= 4 is 26.2 Å². The van der Waals surface area contributed by atoms with E-state index in [4.69, 9.17) is 4.89 Å². The third kappa shape index (κ3) is 2.81. The normalized spacial score (nSPS) is 15.3. The van der Waals surface area contributed by atoms with Gasteiger partial charge in [-0.05, 0) is 0 Å². The molecule has 0 atom stereocenters. The molecule has 0 amide bonds. The third-order valence-corrected chi connectivity index (χ3v) is 3.47. The predicted octanol–water partition coefficient (Wildman–Crippen LogP) is 2.92. The molecule has 0 aliphatic heterocycles. The van der Waals surface area contributed by atoms with Crippen LogP contribution in [-0.2, 0) is 4.57 Å². The van der Waals surface area contributed by atoms with Crippen LogP contribution in [0.4, 0.5) is 43.9 Å². The zero-order valence-electron chi connectivity index (χ0n) is 7.08. The summed E-state index contributed by atoms with van der Waals surface area (Å²) in [6, 6.07) is 0. The van der Waals surface area contributed by atoms with Gasteiger partial charge in [0.25, 0.3) is 0 Å². The molecule has 0 aliphatic carbocycles. The summed E-state index contributed by atoms with van der Waals surface area (Å²) in [4.78, 5) is 7.86. The first-order valence-electron chi connectivity index (χ1n) is 3.22. The zero-order chi connectivity index (χ0) is 14.5. The molecule has 18 heavy (non-hydrogen) atoms. The first-order chi connectivity index (χ1) is 7.00. The second-order valence-electron chi connectivity index (χ2n) is 2.65. The van der Waals surface area contributed by atoms with Gasteiger partial charge in [-0.15, -0.1) is 0 Å². The molecule has 0 fully saturated rings. The van der Waals surface area contributed by atoms with Crippen LogP contribution in [0.2, 0.25) is 0 Å². The molecule has 0 aromatic heterocycles. The fraction of sp³-hybridized carbons (Fsp3) is 1.00. The fourth-order valence-electron chi connectivity index (χ4n) is 0.520. The molecule has 106 valence electrons. The minimum atomic E-state index is -8.26. The Balaban J connectivity index is 0. The zero-order valence-corrected chi connectivity index (χ0v) is 7.98. The van der Waals surface area contributed by atoms with Crippen LogP contribution >= 0.6 is 7.37 Å². The molecule has 0 bridgehead atoms. The van der Waals surface area contributed by atoms with Crippen molar-refractivity contribution in [2.24, 2.45) is 0 Å². The molecule has 0 aromatic rings. The van der Waals surface area contributed by atoms with Crippen LogP contribution in [0.15, 0.2) is 0 Å². The van der Waals surface area contributed by atoms with E-state index in [-0.39, 0.29) is 18.9 Å². The molecule has 1 N–H and O–H groups in total. The van der Waals surface area contributed by atoms with Crippen LogP contribution in [-0.4, -0.2) is 47.4 Å². The maximum atomic E-state index is 12.1. The van der Waals surface area contributed by atoms with Gasteiger partial charge in [0.2, 0.25) is 0 Å². The molecular formula is C4H2F10LiO2P. The Kier molecular flexibility index (Phi) is 5.54. The van der Waals surface area contributed by atoms with Crippen molar-refractivity contribution < 1.29 is 53.4 Å². The molecule has 0 saturated carbocycles. The van der Waals surface area contributed by atoms with Crippen molar-refractivity contribution in [2.75, 3.05) is 0 Å². The van der Waals surface area contributed by atoms with Gasteiger partial charge in [0.1, 0.15) is 0 Å². The Morgan fingerprint density at radius 1 is 0.667 bits per heavy atom. The van der Waals surface area contributed by atoms with Gasteiger partial charge >= 0.3 is 49.9 Å². The summed E-state index contributed by atoms with van der Waals surface area (Å²) >= 11 is 0. The topological polar surface area (TPSA) is 37.3 Å². The van der Waals surface area contributed by atoms with Crippen molar-refractivity contribution in [1.82, 2.24) is 0 Å². The van der Waals surface area contributed by atoms with E-state index in [0.717, 1.165) is 0 Å². The summed E-state index contributed by atoms with van der Waals surface area (Å²) in [6.07, 6.45) is -14.0. The van der Waals surface area contributed by atoms with E-state index in [1.807, 2.05) is 0 Å². The maximum absolute atomic E-state index is 12.1. The molecule has 14 heteroatoms. The monoisotopic (exact) mass is 310 g/mol. The standard InChI is InChI=1S/C4HF10O2P.Li.H/c5-1(6,7)3(11,12)17(15,16)4(13,14)2(8,9)10;;/h(H,15,16);;.